The van der Waals surface area contributed by atoms with Crippen LogP contribution in [0.5, 0.6) is 11.5 Å². The van der Waals surface area contributed by atoms with Crippen molar-refractivity contribution in [3.8, 4) is 11.5 Å². The minimum absolute atomic E-state index is 0.0322. The van der Waals surface area contributed by atoms with Crippen LogP contribution in [-0.4, -0.2) is 38.5 Å². The Kier molecular flexibility index (Phi) is 7.47. The van der Waals surface area contributed by atoms with Gasteiger partial charge in [0, 0.05) is 30.7 Å². The number of carbonyl (C=O) groups is 3. The average Bonchev–Trinajstić information content (AvgIpc) is 3.35. The van der Waals surface area contributed by atoms with E-state index in [0.717, 1.165) is 0 Å². The van der Waals surface area contributed by atoms with Gasteiger partial charge in [-0.2, -0.15) is 0 Å². The molecule has 1 aromatic heterocycles. The zero-order chi connectivity index (χ0) is 22.9. The van der Waals surface area contributed by atoms with Crippen molar-refractivity contribution in [2.24, 2.45) is 0 Å². The van der Waals surface area contributed by atoms with Crippen molar-refractivity contribution in [2.45, 2.75) is 6.42 Å². The Morgan fingerprint density at radius 3 is 2.09 bits per heavy atom. The highest BCUT2D eigenvalue weighted by Gasteiger charge is 2.16. The molecule has 0 saturated carbocycles. The third-order valence-corrected chi connectivity index (χ3v) is 4.46. The number of methoxy groups -OCH3 is 2. The summed E-state index contributed by atoms with van der Waals surface area (Å²) >= 11 is 0. The van der Waals surface area contributed by atoms with E-state index >= 15 is 0 Å². The quantitative estimate of drug-likeness (QED) is 0.473. The van der Waals surface area contributed by atoms with E-state index in [4.69, 9.17) is 13.9 Å². The molecule has 2 aromatic carbocycles. The number of benzene rings is 2. The number of nitrogens with one attached hydrogen (secondary N) is 3. The van der Waals surface area contributed by atoms with Crippen LogP contribution in [0.2, 0.25) is 0 Å². The van der Waals surface area contributed by atoms with Crippen LogP contribution in [0.15, 0.2) is 65.3 Å². The number of furan rings is 1. The molecule has 9 heteroatoms. The van der Waals surface area contributed by atoms with Crippen LogP contribution in [0, 0.1) is 0 Å². The molecular weight excluding hydrogens is 414 g/mol. The summed E-state index contributed by atoms with van der Waals surface area (Å²) in [4.78, 5) is 36.7. The Labute approximate surface area is 184 Å². The first-order valence-corrected chi connectivity index (χ1v) is 9.75. The van der Waals surface area contributed by atoms with Crippen molar-refractivity contribution in [2.75, 3.05) is 31.4 Å². The van der Waals surface area contributed by atoms with Crippen LogP contribution in [0.3, 0.4) is 0 Å². The van der Waals surface area contributed by atoms with Gasteiger partial charge >= 0.3 is 0 Å². The Morgan fingerprint density at radius 1 is 0.844 bits per heavy atom. The summed E-state index contributed by atoms with van der Waals surface area (Å²) in [7, 11) is 2.90. The van der Waals surface area contributed by atoms with E-state index in [1.165, 1.54) is 26.5 Å². The second-order valence-electron chi connectivity index (χ2n) is 6.60. The van der Waals surface area contributed by atoms with Gasteiger partial charge < -0.3 is 29.8 Å². The summed E-state index contributed by atoms with van der Waals surface area (Å²) in [6.07, 6.45) is 1.43. The molecule has 3 aromatic rings. The van der Waals surface area contributed by atoms with Crippen molar-refractivity contribution in [3.63, 3.8) is 0 Å². The second kappa shape index (κ2) is 10.7. The maximum atomic E-state index is 12.5. The molecule has 0 fully saturated rings. The smallest absolute Gasteiger partial charge is 0.286 e. The second-order valence-corrected chi connectivity index (χ2v) is 6.60. The normalized spacial score (nSPS) is 10.2. The van der Waals surface area contributed by atoms with Crippen LogP contribution >= 0.6 is 0 Å². The van der Waals surface area contributed by atoms with Crippen LogP contribution in [0.4, 0.5) is 11.4 Å². The van der Waals surface area contributed by atoms with Crippen LogP contribution < -0.4 is 25.4 Å². The zero-order valence-electron chi connectivity index (χ0n) is 17.6. The minimum atomic E-state index is -0.402. The van der Waals surface area contributed by atoms with Crippen molar-refractivity contribution in [1.29, 1.82) is 0 Å². The third kappa shape index (κ3) is 5.66. The first-order chi connectivity index (χ1) is 15.5. The molecule has 166 valence electrons. The highest BCUT2D eigenvalue weighted by atomic mass is 16.5. The molecule has 32 heavy (non-hydrogen) atoms. The van der Waals surface area contributed by atoms with Gasteiger partial charge in [-0.3, -0.25) is 14.4 Å². The van der Waals surface area contributed by atoms with Crippen molar-refractivity contribution in [3.05, 3.63) is 72.2 Å². The average molecular weight is 437 g/mol. The summed E-state index contributed by atoms with van der Waals surface area (Å²) in [6, 6.07) is 15.0. The first kappa shape index (κ1) is 22.4. The lowest BCUT2D eigenvalue weighted by atomic mass is 10.2. The predicted molar refractivity (Wildman–Crippen MR) is 118 cm³/mol. The highest BCUT2D eigenvalue weighted by molar-refractivity contribution is 6.05. The lowest BCUT2D eigenvalue weighted by Crippen LogP contribution is -2.27. The molecule has 0 aliphatic carbocycles. The van der Waals surface area contributed by atoms with E-state index < -0.39 is 5.91 Å². The number of rotatable bonds is 9. The molecule has 3 rings (SSSR count). The molecule has 0 spiro atoms. The molecule has 0 aliphatic rings. The van der Waals surface area contributed by atoms with Gasteiger partial charge in [-0.25, -0.2) is 0 Å². The standard InChI is InChI=1S/C23H23N3O6/c1-30-19-14-17(26-22(28)15-7-4-3-5-8-15)20(31-2)13-16(19)25-21(27)10-11-24-23(29)18-9-6-12-32-18/h3-9,12-14H,10-11H2,1-2H3,(H,24,29)(H,25,27)(H,26,28). The molecule has 1 heterocycles. The number of hydrogen-bond donors (Lipinski definition) is 3. The van der Waals surface area contributed by atoms with Gasteiger partial charge in [0.15, 0.2) is 5.76 Å². The summed E-state index contributed by atoms with van der Waals surface area (Å²) in [6.45, 7) is 0.121. The third-order valence-electron chi connectivity index (χ3n) is 4.46. The number of amides is 3. The highest BCUT2D eigenvalue weighted by Crippen LogP contribution is 2.36. The minimum Gasteiger partial charge on any atom is -0.494 e. The molecule has 0 saturated heterocycles. The maximum absolute atomic E-state index is 12.5. The molecule has 0 atom stereocenters. The predicted octanol–water partition coefficient (Wildman–Crippen LogP) is 3.31. The van der Waals surface area contributed by atoms with Gasteiger partial charge in [0.1, 0.15) is 11.5 Å². The summed E-state index contributed by atoms with van der Waals surface area (Å²) in [5, 5.41) is 8.11. The van der Waals surface area contributed by atoms with E-state index in [-0.39, 0.29) is 30.5 Å². The summed E-state index contributed by atoms with van der Waals surface area (Å²) in [5.41, 5.74) is 1.24. The number of ether oxygens (including phenoxy) is 2. The SMILES string of the molecule is COc1cc(NC(=O)c2ccccc2)c(OC)cc1NC(=O)CCNC(=O)c1ccco1. The maximum Gasteiger partial charge on any atom is 0.286 e. The van der Waals surface area contributed by atoms with Crippen molar-refractivity contribution in [1.82, 2.24) is 5.32 Å². The van der Waals surface area contributed by atoms with Gasteiger partial charge in [-0.05, 0) is 24.3 Å². The van der Waals surface area contributed by atoms with Crippen molar-refractivity contribution < 1.29 is 28.3 Å². The van der Waals surface area contributed by atoms with Crippen LogP contribution in [0.25, 0.3) is 0 Å². The van der Waals surface area contributed by atoms with Gasteiger partial charge in [-0.1, -0.05) is 18.2 Å². The first-order valence-electron chi connectivity index (χ1n) is 9.75. The fraction of sp³-hybridized carbons (Fsp3) is 0.174. The van der Waals surface area contributed by atoms with Gasteiger partial charge in [-0.15, -0.1) is 0 Å². The summed E-state index contributed by atoms with van der Waals surface area (Å²) in [5.74, 6) is -0.203. The molecule has 0 radical (unpaired) electrons. The van der Waals surface area contributed by atoms with E-state index in [9.17, 15) is 14.4 Å². The van der Waals surface area contributed by atoms with Crippen LogP contribution in [0.1, 0.15) is 27.3 Å². The monoisotopic (exact) mass is 437 g/mol. The summed E-state index contributed by atoms with van der Waals surface area (Å²) < 4.78 is 15.7. The molecular formula is C23H23N3O6. The Bertz CT molecular complexity index is 1080. The molecule has 9 nitrogen and oxygen atoms in total. The Balaban J connectivity index is 1.65. The van der Waals surface area contributed by atoms with E-state index in [0.29, 0.717) is 28.4 Å². The lowest BCUT2D eigenvalue weighted by Gasteiger charge is -2.16. The number of hydrogen-bond acceptors (Lipinski definition) is 6. The molecule has 3 amide bonds. The fourth-order valence-electron chi connectivity index (χ4n) is 2.87. The van der Waals surface area contributed by atoms with Gasteiger partial charge in [0.2, 0.25) is 5.91 Å². The molecule has 3 N–H and O–H groups in total. The lowest BCUT2D eigenvalue weighted by molar-refractivity contribution is -0.116. The zero-order valence-corrected chi connectivity index (χ0v) is 17.6. The van der Waals surface area contributed by atoms with E-state index in [2.05, 4.69) is 16.0 Å². The van der Waals surface area contributed by atoms with Gasteiger partial charge in [0.25, 0.3) is 11.8 Å². The van der Waals surface area contributed by atoms with E-state index in [1.807, 2.05) is 6.07 Å². The number of anilines is 2. The molecule has 0 unspecified atom stereocenters. The Hall–Kier alpha value is -4.27. The van der Waals surface area contributed by atoms with E-state index in [1.54, 1.807) is 42.5 Å². The fourth-order valence-corrected chi connectivity index (χ4v) is 2.87. The Morgan fingerprint density at radius 2 is 1.50 bits per heavy atom. The largest absolute Gasteiger partial charge is 0.494 e. The van der Waals surface area contributed by atoms with Gasteiger partial charge in [0.05, 0.1) is 31.9 Å². The topological polar surface area (TPSA) is 119 Å². The molecule has 0 bridgehead atoms. The van der Waals surface area contributed by atoms with Crippen LogP contribution in [-0.2, 0) is 4.79 Å². The molecule has 0 aliphatic heterocycles. The number of carbonyl (C=O) groups excluding carboxylic acids is 3. The van der Waals surface area contributed by atoms with Crippen molar-refractivity contribution >= 4 is 29.1 Å².